The molecule has 0 fully saturated rings. The summed E-state index contributed by atoms with van der Waals surface area (Å²) in [6.45, 7) is 3.34. The maximum atomic E-state index is 5.46. The molecule has 0 amide bonds. The topological polar surface area (TPSA) is 34.1 Å². The van der Waals surface area contributed by atoms with Gasteiger partial charge in [0, 0.05) is 15.5 Å². The van der Waals surface area contributed by atoms with Crippen molar-refractivity contribution < 1.29 is 4.74 Å². The van der Waals surface area contributed by atoms with E-state index in [2.05, 4.69) is 31.6 Å². The van der Waals surface area contributed by atoms with Crippen molar-refractivity contribution >= 4 is 33.0 Å². The van der Waals surface area contributed by atoms with Crippen LogP contribution in [0.3, 0.4) is 0 Å². The monoisotopic (exact) mass is 312 g/mol. The van der Waals surface area contributed by atoms with E-state index in [1.54, 1.807) is 17.5 Å². The van der Waals surface area contributed by atoms with Crippen LogP contribution >= 0.6 is 27.3 Å². The molecule has 3 nitrogen and oxygen atoms in total. The number of pyridine rings is 1. The number of anilines is 1. The van der Waals surface area contributed by atoms with Gasteiger partial charge in [-0.2, -0.15) is 0 Å². The first-order chi connectivity index (χ1) is 8.31. The van der Waals surface area contributed by atoms with E-state index in [4.69, 9.17) is 4.74 Å². The van der Waals surface area contributed by atoms with Crippen LogP contribution < -0.4 is 10.1 Å². The van der Waals surface area contributed by atoms with Gasteiger partial charge in [0.15, 0.2) is 0 Å². The number of halogens is 1. The van der Waals surface area contributed by atoms with Crippen LogP contribution in [0.2, 0.25) is 0 Å². The Morgan fingerprint density at radius 1 is 1.47 bits per heavy atom. The quantitative estimate of drug-likeness (QED) is 0.908. The van der Waals surface area contributed by atoms with Crippen molar-refractivity contribution in [3.63, 3.8) is 0 Å². The van der Waals surface area contributed by atoms with Gasteiger partial charge in [-0.1, -0.05) is 0 Å². The zero-order valence-corrected chi connectivity index (χ0v) is 11.8. The Balaban J connectivity index is 2.06. The number of nitrogens with one attached hydrogen (secondary N) is 1. The standard InChI is InChI=1S/C12H13BrN2OS/c1-2-16-12-10(4-3-6-14-12)15-8-11-9(13)5-7-17-11/h3-7,15H,2,8H2,1H3. The highest BCUT2D eigenvalue weighted by molar-refractivity contribution is 9.10. The van der Waals surface area contributed by atoms with E-state index in [9.17, 15) is 0 Å². The lowest BCUT2D eigenvalue weighted by molar-refractivity contribution is 0.328. The lowest BCUT2D eigenvalue weighted by Crippen LogP contribution is -2.03. The van der Waals surface area contributed by atoms with E-state index in [0.717, 1.165) is 16.7 Å². The molecule has 0 radical (unpaired) electrons. The van der Waals surface area contributed by atoms with Gasteiger partial charge in [0.1, 0.15) is 0 Å². The second-order valence-corrected chi connectivity index (χ2v) is 5.19. The highest BCUT2D eigenvalue weighted by Crippen LogP contribution is 2.26. The summed E-state index contributed by atoms with van der Waals surface area (Å²) in [5, 5.41) is 5.40. The van der Waals surface area contributed by atoms with E-state index in [0.29, 0.717) is 12.5 Å². The summed E-state index contributed by atoms with van der Waals surface area (Å²) in [7, 11) is 0. The molecule has 2 rings (SSSR count). The lowest BCUT2D eigenvalue weighted by atomic mass is 10.4. The number of nitrogens with zero attached hydrogens (tertiary/aromatic N) is 1. The molecule has 1 N–H and O–H groups in total. The van der Waals surface area contributed by atoms with E-state index >= 15 is 0 Å². The Morgan fingerprint density at radius 3 is 3.06 bits per heavy atom. The van der Waals surface area contributed by atoms with Crippen LogP contribution in [-0.4, -0.2) is 11.6 Å². The zero-order chi connectivity index (χ0) is 12.1. The Bertz CT molecular complexity index is 487. The fourth-order valence-corrected chi connectivity index (χ4v) is 2.84. The van der Waals surface area contributed by atoms with E-state index in [1.165, 1.54) is 4.88 Å². The molecule has 2 aromatic rings. The minimum Gasteiger partial charge on any atom is -0.476 e. The van der Waals surface area contributed by atoms with Gasteiger partial charge < -0.3 is 10.1 Å². The summed E-state index contributed by atoms with van der Waals surface area (Å²) >= 11 is 5.23. The van der Waals surface area contributed by atoms with Gasteiger partial charge in [0.25, 0.3) is 0 Å². The highest BCUT2D eigenvalue weighted by Gasteiger charge is 2.05. The Morgan fingerprint density at radius 2 is 2.35 bits per heavy atom. The van der Waals surface area contributed by atoms with Crippen LogP contribution in [-0.2, 0) is 6.54 Å². The zero-order valence-electron chi connectivity index (χ0n) is 9.44. The normalized spacial score (nSPS) is 10.2. The molecular weight excluding hydrogens is 300 g/mol. The summed E-state index contributed by atoms with van der Waals surface area (Å²) in [5.74, 6) is 0.655. The predicted octanol–water partition coefficient (Wildman–Crippen LogP) is 3.92. The van der Waals surface area contributed by atoms with Crippen LogP contribution in [0.5, 0.6) is 5.88 Å². The Hall–Kier alpha value is -1.07. The Kier molecular flexibility index (Phi) is 4.39. The molecule has 90 valence electrons. The molecule has 17 heavy (non-hydrogen) atoms. The first kappa shape index (κ1) is 12.4. The van der Waals surface area contributed by atoms with Crippen LogP contribution in [0.4, 0.5) is 5.69 Å². The molecule has 0 spiro atoms. The van der Waals surface area contributed by atoms with Crippen molar-refractivity contribution in [3.05, 3.63) is 39.1 Å². The summed E-state index contributed by atoms with van der Waals surface area (Å²) < 4.78 is 6.59. The predicted molar refractivity (Wildman–Crippen MR) is 74.8 cm³/mol. The number of ether oxygens (including phenoxy) is 1. The number of aromatic nitrogens is 1. The van der Waals surface area contributed by atoms with Gasteiger partial charge in [-0.05, 0) is 46.4 Å². The van der Waals surface area contributed by atoms with Crippen molar-refractivity contribution in [2.24, 2.45) is 0 Å². The first-order valence-corrected chi connectivity index (χ1v) is 7.02. The Labute approximate surface area is 113 Å². The van der Waals surface area contributed by atoms with Crippen molar-refractivity contribution in [1.29, 1.82) is 0 Å². The van der Waals surface area contributed by atoms with Gasteiger partial charge in [0.2, 0.25) is 5.88 Å². The molecule has 0 aromatic carbocycles. The van der Waals surface area contributed by atoms with Gasteiger partial charge in [-0.3, -0.25) is 0 Å². The summed E-state index contributed by atoms with van der Waals surface area (Å²) in [4.78, 5) is 5.46. The summed E-state index contributed by atoms with van der Waals surface area (Å²) in [5.41, 5.74) is 0.926. The maximum absolute atomic E-state index is 5.46. The summed E-state index contributed by atoms with van der Waals surface area (Å²) in [6, 6.07) is 5.92. The van der Waals surface area contributed by atoms with Crippen molar-refractivity contribution in [2.45, 2.75) is 13.5 Å². The molecule has 0 unspecified atom stereocenters. The van der Waals surface area contributed by atoms with Crippen molar-refractivity contribution in [3.8, 4) is 5.88 Å². The van der Waals surface area contributed by atoms with E-state index in [-0.39, 0.29) is 0 Å². The fourth-order valence-electron chi connectivity index (χ4n) is 1.40. The van der Waals surface area contributed by atoms with E-state index in [1.807, 2.05) is 25.1 Å². The number of hydrogen-bond acceptors (Lipinski definition) is 4. The SMILES string of the molecule is CCOc1ncccc1NCc1sccc1Br. The smallest absolute Gasteiger partial charge is 0.237 e. The minimum absolute atomic E-state index is 0.619. The van der Waals surface area contributed by atoms with Gasteiger partial charge in [0.05, 0.1) is 18.8 Å². The van der Waals surface area contributed by atoms with Crippen molar-refractivity contribution in [2.75, 3.05) is 11.9 Å². The molecule has 2 heterocycles. The molecule has 0 aliphatic rings. The number of rotatable bonds is 5. The lowest BCUT2D eigenvalue weighted by Gasteiger charge is -2.10. The molecule has 0 aliphatic carbocycles. The van der Waals surface area contributed by atoms with Crippen LogP contribution in [0.25, 0.3) is 0 Å². The minimum atomic E-state index is 0.619. The molecule has 0 aliphatic heterocycles. The molecule has 0 saturated carbocycles. The van der Waals surface area contributed by atoms with Crippen LogP contribution in [0.1, 0.15) is 11.8 Å². The number of hydrogen-bond donors (Lipinski definition) is 1. The average molecular weight is 313 g/mol. The third kappa shape index (κ3) is 3.20. The molecule has 0 bridgehead atoms. The van der Waals surface area contributed by atoms with Gasteiger partial charge in [-0.25, -0.2) is 4.98 Å². The molecule has 0 saturated heterocycles. The first-order valence-electron chi connectivity index (χ1n) is 5.34. The molecule has 5 heteroatoms. The van der Waals surface area contributed by atoms with Gasteiger partial charge >= 0.3 is 0 Å². The molecule has 0 atom stereocenters. The van der Waals surface area contributed by atoms with Crippen LogP contribution in [0, 0.1) is 0 Å². The third-order valence-electron chi connectivity index (χ3n) is 2.18. The van der Waals surface area contributed by atoms with Gasteiger partial charge in [-0.15, -0.1) is 11.3 Å². The second kappa shape index (κ2) is 6.02. The number of thiophene rings is 1. The second-order valence-electron chi connectivity index (χ2n) is 3.33. The largest absolute Gasteiger partial charge is 0.476 e. The van der Waals surface area contributed by atoms with Crippen molar-refractivity contribution in [1.82, 2.24) is 4.98 Å². The average Bonchev–Trinajstić information content (AvgIpc) is 2.74. The molecule has 2 aromatic heterocycles. The third-order valence-corrected chi connectivity index (χ3v) is 4.11. The summed E-state index contributed by atoms with van der Waals surface area (Å²) in [6.07, 6.45) is 1.73. The highest BCUT2D eigenvalue weighted by atomic mass is 79.9. The molecular formula is C12H13BrN2OS. The van der Waals surface area contributed by atoms with E-state index < -0.39 is 0 Å². The van der Waals surface area contributed by atoms with Crippen LogP contribution in [0.15, 0.2) is 34.2 Å². The fraction of sp³-hybridized carbons (Fsp3) is 0.250. The maximum Gasteiger partial charge on any atom is 0.237 e.